The summed E-state index contributed by atoms with van der Waals surface area (Å²) < 4.78 is 37.8. The van der Waals surface area contributed by atoms with Crippen LogP contribution in [0.1, 0.15) is 40.7 Å². The molecule has 2 heterocycles. The van der Waals surface area contributed by atoms with Gasteiger partial charge >= 0.3 is 6.03 Å². The maximum absolute atomic E-state index is 14.0. The second-order valence-corrected chi connectivity index (χ2v) is 8.81. The van der Waals surface area contributed by atoms with Crippen molar-refractivity contribution in [1.82, 2.24) is 10.2 Å². The van der Waals surface area contributed by atoms with Gasteiger partial charge in [-0.15, -0.1) is 0 Å². The molecule has 1 spiro atoms. The van der Waals surface area contributed by atoms with Crippen LogP contribution >= 0.6 is 0 Å². The van der Waals surface area contributed by atoms with E-state index in [1.165, 1.54) is 18.2 Å². The Kier molecular flexibility index (Phi) is 7.43. The zero-order chi connectivity index (χ0) is 24.1. The highest BCUT2D eigenvalue weighted by molar-refractivity contribution is 6.04. The van der Waals surface area contributed by atoms with Crippen molar-refractivity contribution in [3.05, 3.63) is 64.7 Å². The number of hydrogen-bond donors (Lipinski definition) is 2. The number of anilines is 1. The van der Waals surface area contributed by atoms with Crippen LogP contribution in [0.15, 0.2) is 36.4 Å². The fourth-order valence-corrected chi connectivity index (χ4v) is 4.49. The SMILES string of the molecule is COCCOCc1cc(CNC(=O)N2CCC3(CC2)CC(=O)c2cc(F)ccc2N3)ccc1F. The molecule has 7 nitrogen and oxygen atoms in total. The van der Waals surface area contributed by atoms with Gasteiger partial charge in [0.25, 0.3) is 0 Å². The molecule has 1 fully saturated rings. The van der Waals surface area contributed by atoms with Crippen LogP contribution in [0.2, 0.25) is 0 Å². The Morgan fingerprint density at radius 2 is 1.94 bits per heavy atom. The predicted molar refractivity (Wildman–Crippen MR) is 123 cm³/mol. The third kappa shape index (κ3) is 5.53. The summed E-state index contributed by atoms with van der Waals surface area (Å²) in [5.74, 6) is -0.861. The number of likely N-dealkylation sites (tertiary alicyclic amines) is 1. The van der Waals surface area contributed by atoms with E-state index in [0.29, 0.717) is 56.0 Å². The first-order valence-corrected chi connectivity index (χ1v) is 11.4. The van der Waals surface area contributed by atoms with Gasteiger partial charge in [0.1, 0.15) is 11.6 Å². The van der Waals surface area contributed by atoms with E-state index in [9.17, 15) is 18.4 Å². The first-order chi connectivity index (χ1) is 16.4. The van der Waals surface area contributed by atoms with Crippen molar-refractivity contribution in [2.75, 3.05) is 38.7 Å². The number of halogens is 2. The molecular formula is C25H29F2N3O4. The molecule has 182 valence electrons. The number of piperidine rings is 1. The average Bonchev–Trinajstić information content (AvgIpc) is 2.83. The standard InChI is InChI=1S/C25H29F2N3O4/c1-33-10-11-34-16-18-12-17(2-4-21(18)27)15-28-24(32)30-8-6-25(7-9-30)14-23(31)20-13-19(26)3-5-22(20)29-25/h2-5,12-13,29H,6-11,14-16H2,1H3,(H,28,32). The molecule has 0 unspecified atom stereocenters. The minimum atomic E-state index is -0.428. The Bertz CT molecular complexity index is 1050. The van der Waals surface area contributed by atoms with Gasteiger partial charge in [0, 0.05) is 55.5 Å². The Labute approximate surface area is 197 Å². The van der Waals surface area contributed by atoms with E-state index in [2.05, 4.69) is 10.6 Å². The second-order valence-electron chi connectivity index (χ2n) is 8.81. The maximum atomic E-state index is 14.0. The molecular weight excluding hydrogens is 444 g/mol. The second kappa shape index (κ2) is 10.5. The van der Waals surface area contributed by atoms with Crippen LogP contribution < -0.4 is 10.6 Å². The molecule has 2 aromatic carbocycles. The van der Waals surface area contributed by atoms with Crippen LogP contribution in [0, 0.1) is 11.6 Å². The third-order valence-corrected chi connectivity index (χ3v) is 6.43. The number of methoxy groups -OCH3 is 1. The van der Waals surface area contributed by atoms with Gasteiger partial charge in [0.15, 0.2) is 5.78 Å². The minimum Gasteiger partial charge on any atom is -0.382 e. The molecule has 0 radical (unpaired) electrons. The molecule has 4 rings (SSSR count). The van der Waals surface area contributed by atoms with E-state index in [0.717, 1.165) is 5.56 Å². The number of ketones is 1. The number of carbonyl (C=O) groups is 2. The Morgan fingerprint density at radius 3 is 2.71 bits per heavy atom. The quantitative estimate of drug-likeness (QED) is 0.597. The van der Waals surface area contributed by atoms with Gasteiger partial charge in [0.05, 0.1) is 19.8 Å². The van der Waals surface area contributed by atoms with E-state index < -0.39 is 11.4 Å². The van der Waals surface area contributed by atoms with Crippen molar-refractivity contribution >= 4 is 17.5 Å². The van der Waals surface area contributed by atoms with Gasteiger partial charge in [-0.3, -0.25) is 4.79 Å². The van der Waals surface area contributed by atoms with E-state index in [1.54, 1.807) is 30.2 Å². The Balaban J connectivity index is 1.29. The van der Waals surface area contributed by atoms with E-state index in [4.69, 9.17) is 9.47 Å². The van der Waals surface area contributed by atoms with Crippen LogP contribution in [-0.4, -0.2) is 55.7 Å². The highest BCUT2D eigenvalue weighted by Crippen LogP contribution is 2.37. The van der Waals surface area contributed by atoms with E-state index >= 15 is 0 Å². The Morgan fingerprint density at radius 1 is 1.15 bits per heavy atom. The van der Waals surface area contributed by atoms with Crippen molar-refractivity contribution in [2.45, 2.75) is 38.0 Å². The number of hydrogen-bond acceptors (Lipinski definition) is 5. The van der Waals surface area contributed by atoms with Gasteiger partial charge < -0.3 is 25.0 Å². The molecule has 34 heavy (non-hydrogen) atoms. The molecule has 9 heteroatoms. The molecule has 2 aliphatic heterocycles. The lowest BCUT2D eigenvalue weighted by Crippen LogP contribution is -2.55. The van der Waals surface area contributed by atoms with Crippen molar-refractivity contribution in [3.63, 3.8) is 0 Å². The molecule has 2 N–H and O–H groups in total. The molecule has 1 saturated heterocycles. The lowest BCUT2D eigenvalue weighted by Gasteiger charge is -2.45. The van der Waals surface area contributed by atoms with Crippen molar-refractivity contribution < 1.29 is 27.8 Å². The number of ether oxygens (including phenoxy) is 2. The lowest BCUT2D eigenvalue weighted by molar-refractivity contribution is 0.0604. The number of urea groups is 1. The average molecular weight is 474 g/mol. The highest BCUT2D eigenvalue weighted by Gasteiger charge is 2.41. The number of rotatable bonds is 7. The van der Waals surface area contributed by atoms with Crippen LogP contribution in [0.4, 0.5) is 19.3 Å². The van der Waals surface area contributed by atoms with Crippen LogP contribution in [0.5, 0.6) is 0 Å². The molecule has 0 aromatic heterocycles. The number of Topliss-reactive ketones (excluding diaryl/α,β-unsaturated/α-hetero) is 1. The molecule has 0 atom stereocenters. The van der Waals surface area contributed by atoms with Crippen LogP contribution in [0.3, 0.4) is 0 Å². The monoisotopic (exact) mass is 473 g/mol. The summed E-state index contributed by atoms with van der Waals surface area (Å²) in [5.41, 5.74) is 1.81. The number of fused-ring (bicyclic) bond motifs is 1. The molecule has 0 bridgehead atoms. The topological polar surface area (TPSA) is 79.9 Å². The van der Waals surface area contributed by atoms with Crippen molar-refractivity contribution in [1.29, 1.82) is 0 Å². The lowest BCUT2D eigenvalue weighted by atomic mass is 9.78. The predicted octanol–water partition coefficient (Wildman–Crippen LogP) is 3.87. The smallest absolute Gasteiger partial charge is 0.317 e. The third-order valence-electron chi connectivity index (χ3n) is 6.43. The van der Waals surface area contributed by atoms with Gasteiger partial charge in [-0.1, -0.05) is 6.07 Å². The van der Waals surface area contributed by atoms with Crippen LogP contribution in [-0.2, 0) is 22.6 Å². The number of nitrogens with one attached hydrogen (secondary N) is 2. The summed E-state index contributed by atoms with van der Waals surface area (Å²) in [6.45, 7) is 2.18. The highest BCUT2D eigenvalue weighted by atomic mass is 19.1. The fourth-order valence-electron chi connectivity index (χ4n) is 4.49. The Hall–Kier alpha value is -3.04. The largest absolute Gasteiger partial charge is 0.382 e. The fraction of sp³-hybridized carbons (Fsp3) is 0.440. The maximum Gasteiger partial charge on any atom is 0.317 e. The summed E-state index contributed by atoms with van der Waals surface area (Å²) in [6.07, 6.45) is 1.51. The van der Waals surface area contributed by atoms with Crippen molar-refractivity contribution in [2.24, 2.45) is 0 Å². The number of carbonyl (C=O) groups excluding carboxylic acids is 2. The number of nitrogens with zero attached hydrogens (tertiary/aromatic N) is 1. The molecule has 2 aliphatic rings. The molecule has 2 aromatic rings. The summed E-state index contributed by atoms with van der Waals surface area (Å²) in [6, 6.07) is 8.70. The zero-order valence-electron chi connectivity index (χ0n) is 19.2. The summed E-state index contributed by atoms with van der Waals surface area (Å²) >= 11 is 0. The van der Waals surface area contributed by atoms with E-state index in [-0.39, 0.29) is 37.2 Å². The van der Waals surface area contributed by atoms with Gasteiger partial charge in [0.2, 0.25) is 0 Å². The first kappa shape index (κ1) is 24.1. The number of benzene rings is 2. The van der Waals surface area contributed by atoms with Crippen molar-refractivity contribution in [3.8, 4) is 0 Å². The van der Waals surface area contributed by atoms with Gasteiger partial charge in [-0.25, -0.2) is 13.6 Å². The normalized spacial score (nSPS) is 16.8. The minimum absolute atomic E-state index is 0.0792. The molecule has 2 amide bonds. The summed E-state index contributed by atoms with van der Waals surface area (Å²) in [4.78, 5) is 27.0. The zero-order valence-corrected chi connectivity index (χ0v) is 19.2. The summed E-state index contributed by atoms with van der Waals surface area (Å²) in [5, 5.41) is 6.31. The van der Waals surface area contributed by atoms with E-state index in [1.807, 2.05) is 0 Å². The molecule has 0 aliphatic carbocycles. The number of amides is 2. The molecule has 0 saturated carbocycles. The van der Waals surface area contributed by atoms with Crippen LogP contribution in [0.25, 0.3) is 0 Å². The van der Waals surface area contributed by atoms with Gasteiger partial charge in [-0.2, -0.15) is 0 Å². The first-order valence-electron chi connectivity index (χ1n) is 11.4. The van der Waals surface area contributed by atoms with Gasteiger partial charge in [-0.05, 0) is 48.7 Å². The summed E-state index contributed by atoms with van der Waals surface area (Å²) in [7, 11) is 1.57.